The van der Waals surface area contributed by atoms with E-state index in [1.807, 2.05) is 33.9 Å². The summed E-state index contributed by atoms with van der Waals surface area (Å²) in [5.41, 5.74) is -0.939. The Morgan fingerprint density at radius 3 is 2.14 bits per heavy atom. The molecule has 0 saturated heterocycles. The molecule has 130 valence electrons. The van der Waals surface area contributed by atoms with Gasteiger partial charge in [0.15, 0.2) is 8.32 Å². The van der Waals surface area contributed by atoms with Crippen molar-refractivity contribution in [2.24, 2.45) is 0 Å². The molecular formula is C16H33NO4Si. The molecule has 0 aromatic heterocycles. The quantitative estimate of drug-likeness (QED) is 0.676. The summed E-state index contributed by atoms with van der Waals surface area (Å²) in [5.74, 6) is 0. The molecule has 1 rings (SSSR count). The SMILES string of the molecule is CC(C)(C)OC(=O)NC1(CCC(C)(C)[Si](C)(C)O)CC(O)C1. The topological polar surface area (TPSA) is 78.8 Å². The summed E-state index contributed by atoms with van der Waals surface area (Å²) in [7, 11) is -2.27. The molecule has 0 aliphatic heterocycles. The van der Waals surface area contributed by atoms with Crippen LogP contribution in [0.15, 0.2) is 0 Å². The molecule has 22 heavy (non-hydrogen) atoms. The lowest BCUT2D eigenvalue weighted by atomic mass is 9.70. The van der Waals surface area contributed by atoms with E-state index in [0.717, 1.165) is 12.8 Å². The smallest absolute Gasteiger partial charge is 0.408 e. The number of nitrogens with one attached hydrogen (secondary N) is 1. The van der Waals surface area contributed by atoms with Gasteiger partial charge >= 0.3 is 6.09 Å². The van der Waals surface area contributed by atoms with Crippen LogP contribution >= 0.6 is 0 Å². The maximum atomic E-state index is 12.0. The van der Waals surface area contributed by atoms with Crippen molar-refractivity contribution in [1.29, 1.82) is 0 Å². The lowest BCUT2D eigenvalue weighted by Gasteiger charge is -2.48. The molecule has 1 amide bonds. The Bertz CT molecular complexity index is 403. The van der Waals surface area contributed by atoms with Gasteiger partial charge < -0.3 is 20.0 Å². The van der Waals surface area contributed by atoms with Crippen molar-refractivity contribution in [1.82, 2.24) is 5.32 Å². The molecule has 1 fully saturated rings. The number of carbonyl (C=O) groups excluding carboxylic acids is 1. The molecule has 0 atom stereocenters. The first-order chi connectivity index (χ1) is 9.66. The van der Waals surface area contributed by atoms with Crippen LogP contribution < -0.4 is 5.32 Å². The van der Waals surface area contributed by atoms with Crippen molar-refractivity contribution < 1.29 is 19.4 Å². The first-order valence-electron chi connectivity index (χ1n) is 8.07. The van der Waals surface area contributed by atoms with Gasteiger partial charge in [-0.05, 0) is 64.6 Å². The molecule has 1 aliphatic carbocycles. The van der Waals surface area contributed by atoms with Crippen LogP contribution in [0.5, 0.6) is 0 Å². The number of aliphatic hydroxyl groups excluding tert-OH is 1. The van der Waals surface area contributed by atoms with Gasteiger partial charge in [-0.25, -0.2) is 4.79 Å². The van der Waals surface area contributed by atoms with E-state index in [1.165, 1.54) is 0 Å². The van der Waals surface area contributed by atoms with Crippen molar-refractivity contribution in [2.75, 3.05) is 0 Å². The van der Waals surface area contributed by atoms with Crippen LogP contribution in [0.4, 0.5) is 4.79 Å². The fourth-order valence-corrected chi connectivity index (χ4v) is 3.33. The van der Waals surface area contributed by atoms with E-state index in [0.29, 0.717) is 12.8 Å². The number of amides is 1. The van der Waals surface area contributed by atoms with Gasteiger partial charge in [-0.15, -0.1) is 0 Å². The number of alkyl carbamates (subject to hydrolysis) is 1. The predicted molar refractivity (Wildman–Crippen MR) is 90.3 cm³/mol. The molecular weight excluding hydrogens is 298 g/mol. The average Bonchev–Trinajstić information content (AvgIpc) is 2.19. The highest BCUT2D eigenvalue weighted by atomic mass is 28.4. The van der Waals surface area contributed by atoms with Gasteiger partial charge in [0.1, 0.15) is 5.60 Å². The number of aliphatic hydroxyl groups is 1. The summed E-state index contributed by atoms with van der Waals surface area (Å²) in [6.07, 6.45) is 1.86. The normalized spacial score (nSPS) is 26.3. The molecule has 6 heteroatoms. The number of rotatable bonds is 5. The molecule has 3 N–H and O–H groups in total. The minimum Gasteiger partial charge on any atom is -0.444 e. The number of hydrogen-bond donors (Lipinski definition) is 3. The second kappa shape index (κ2) is 6.13. The van der Waals surface area contributed by atoms with Crippen LogP contribution in [0.1, 0.15) is 60.3 Å². The minimum atomic E-state index is -2.27. The monoisotopic (exact) mass is 331 g/mol. The summed E-state index contributed by atoms with van der Waals surface area (Å²) in [5, 5.41) is 12.5. The van der Waals surface area contributed by atoms with Gasteiger partial charge in [0.05, 0.1) is 6.10 Å². The van der Waals surface area contributed by atoms with Crippen LogP contribution in [0.25, 0.3) is 0 Å². The van der Waals surface area contributed by atoms with Crippen LogP contribution in [0, 0.1) is 0 Å². The second-order valence-corrected chi connectivity index (χ2v) is 13.4. The zero-order valence-electron chi connectivity index (χ0n) is 15.1. The zero-order valence-corrected chi connectivity index (χ0v) is 16.1. The van der Waals surface area contributed by atoms with E-state index in [-0.39, 0.29) is 11.1 Å². The van der Waals surface area contributed by atoms with E-state index >= 15 is 0 Å². The predicted octanol–water partition coefficient (Wildman–Crippen LogP) is 3.16. The Morgan fingerprint density at radius 2 is 1.77 bits per heavy atom. The highest BCUT2D eigenvalue weighted by molar-refractivity contribution is 6.72. The summed E-state index contributed by atoms with van der Waals surface area (Å²) in [4.78, 5) is 22.4. The fourth-order valence-electron chi connectivity index (χ4n) is 2.59. The molecule has 1 saturated carbocycles. The third kappa shape index (κ3) is 5.24. The Balaban J connectivity index is 2.67. The molecule has 0 spiro atoms. The summed E-state index contributed by atoms with van der Waals surface area (Å²) >= 11 is 0. The van der Waals surface area contributed by atoms with Crippen LogP contribution in [0.2, 0.25) is 18.1 Å². The lowest BCUT2D eigenvalue weighted by Crippen LogP contribution is -2.60. The molecule has 1 aliphatic rings. The Labute approximate surface area is 135 Å². The van der Waals surface area contributed by atoms with Gasteiger partial charge in [-0.3, -0.25) is 0 Å². The summed E-state index contributed by atoms with van der Waals surface area (Å²) < 4.78 is 5.33. The van der Waals surface area contributed by atoms with Crippen LogP contribution in [-0.2, 0) is 4.74 Å². The highest BCUT2D eigenvalue weighted by Crippen LogP contribution is 2.45. The summed E-state index contributed by atoms with van der Waals surface area (Å²) in [6.45, 7) is 13.5. The Morgan fingerprint density at radius 1 is 1.27 bits per heavy atom. The standard InChI is InChI=1S/C16H33NO4Si/c1-14(2,3)21-13(19)17-16(10-12(18)11-16)9-8-15(4,5)22(6,7)20/h12,18,20H,8-11H2,1-7H3,(H,17,19). The van der Waals surface area contributed by atoms with Gasteiger partial charge in [0.2, 0.25) is 0 Å². The molecule has 0 unspecified atom stereocenters. The van der Waals surface area contributed by atoms with Gasteiger partial charge in [0, 0.05) is 5.54 Å². The van der Waals surface area contributed by atoms with Gasteiger partial charge in [0.25, 0.3) is 0 Å². The lowest BCUT2D eigenvalue weighted by molar-refractivity contribution is -0.0155. The van der Waals surface area contributed by atoms with Crippen LogP contribution in [0.3, 0.4) is 0 Å². The van der Waals surface area contributed by atoms with E-state index < -0.39 is 25.6 Å². The molecule has 0 radical (unpaired) electrons. The Kier molecular flexibility index (Phi) is 5.42. The van der Waals surface area contributed by atoms with Crippen LogP contribution in [-0.4, -0.2) is 41.6 Å². The third-order valence-electron chi connectivity index (χ3n) is 4.90. The largest absolute Gasteiger partial charge is 0.444 e. The highest BCUT2D eigenvalue weighted by Gasteiger charge is 2.47. The van der Waals surface area contributed by atoms with Crippen molar-refractivity contribution in [3.05, 3.63) is 0 Å². The first kappa shape index (κ1) is 19.5. The third-order valence-corrected chi connectivity index (χ3v) is 8.47. The first-order valence-corrected chi connectivity index (χ1v) is 11.0. The second-order valence-electron chi connectivity index (χ2n) is 8.91. The molecule has 0 bridgehead atoms. The average molecular weight is 332 g/mol. The number of hydrogen-bond acceptors (Lipinski definition) is 4. The van der Waals surface area contributed by atoms with Crippen molar-refractivity contribution >= 4 is 14.4 Å². The van der Waals surface area contributed by atoms with E-state index in [9.17, 15) is 14.7 Å². The minimum absolute atomic E-state index is 0.143. The Hall–Kier alpha value is -0.593. The van der Waals surface area contributed by atoms with Gasteiger partial charge in [-0.2, -0.15) is 0 Å². The molecule has 0 aromatic carbocycles. The maximum absolute atomic E-state index is 12.0. The molecule has 0 heterocycles. The number of ether oxygens (including phenoxy) is 1. The number of carbonyl (C=O) groups is 1. The van der Waals surface area contributed by atoms with E-state index in [4.69, 9.17) is 4.74 Å². The van der Waals surface area contributed by atoms with E-state index in [2.05, 4.69) is 19.2 Å². The maximum Gasteiger partial charge on any atom is 0.408 e. The van der Waals surface area contributed by atoms with Crippen molar-refractivity contribution in [3.8, 4) is 0 Å². The molecule has 5 nitrogen and oxygen atoms in total. The molecule has 0 aromatic rings. The van der Waals surface area contributed by atoms with E-state index in [1.54, 1.807) is 0 Å². The fraction of sp³-hybridized carbons (Fsp3) is 0.938. The summed E-state index contributed by atoms with van der Waals surface area (Å²) in [6, 6.07) is 0. The zero-order chi connectivity index (χ0) is 17.4. The van der Waals surface area contributed by atoms with Gasteiger partial charge in [-0.1, -0.05) is 13.8 Å². The van der Waals surface area contributed by atoms with Crippen molar-refractivity contribution in [2.45, 2.75) is 95.7 Å². The van der Waals surface area contributed by atoms with Crippen molar-refractivity contribution in [3.63, 3.8) is 0 Å².